The Kier molecular flexibility index (Phi) is 6.61. The zero-order valence-electron chi connectivity index (χ0n) is 14.8. The number of amides is 1. The molecule has 1 heterocycles. The third-order valence-corrected chi connectivity index (χ3v) is 3.89. The number of primary amides is 1. The van der Waals surface area contributed by atoms with E-state index < -0.39 is 48.6 Å². The summed E-state index contributed by atoms with van der Waals surface area (Å²) in [7, 11) is 0. The number of Topliss-reactive ketones (excluding diaryl/α,β-unsaturated/α-hetero) is 1. The van der Waals surface area contributed by atoms with E-state index in [4.69, 9.17) is 16.6 Å². The Morgan fingerprint density at radius 3 is 2.43 bits per heavy atom. The number of esters is 2. The van der Waals surface area contributed by atoms with E-state index in [1.165, 1.54) is 10.6 Å². The number of hydrogen-bond donors (Lipinski definition) is 3. The van der Waals surface area contributed by atoms with Gasteiger partial charge in [-0.15, -0.1) is 0 Å². The molecule has 0 saturated carbocycles. The fourth-order valence-corrected chi connectivity index (χ4v) is 2.60. The first kappa shape index (κ1) is 20.8. The van der Waals surface area contributed by atoms with Crippen molar-refractivity contribution in [2.75, 3.05) is 0 Å². The van der Waals surface area contributed by atoms with Gasteiger partial charge in [0.05, 0.1) is 12.1 Å². The lowest BCUT2D eigenvalue weighted by Gasteiger charge is -2.11. The summed E-state index contributed by atoms with van der Waals surface area (Å²) in [5.74, 6) is -4.55. The van der Waals surface area contributed by atoms with E-state index in [0.29, 0.717) is 10.9 Å². The van der Waals surface area contributed by atoms with Crippen molar-refractivity contribution >= 4 is 40.5 Å². The van der Waals surface area contributed by atoms with E-state index in [2.05, 4.69) is 4.74 Å². The average molecular weight is 389 g/mol. The normalized spacial score (nSPS) is 11.8. The zero-order valence-corrected chi connectivity index (χ0v) is 14.8. The number of ether oxygens (including phenoxy) is 1. The fraction of sp³-hybridized carbons (Fsp3) is 0.278. The number of benzene rings is 1. The van der Waals surface area contributed by atoms with Crippen LogP contribution in [0.4, 0.5) is 0 Å². The predicted molar refractivity (Wildman–Crippen MR) is 96.0 cm³/mol. The van der Waals surface area contributed by atoms with Gasteiger partial charge in [-0.2, -0.15) is 0 Å². The second-order valence-electron chi connectivity index (χ2n) is 6.06. The minimum absolute atomic E-state index is 0.0758. The molecule has 10 heteroatoms. The molecule has 148 valence electrons. The van der Waals surface area contributed by atoms with Crippen molar-refractivity contribution in [3.8, 4) is 0 Å². The fourth-order valence-electron chi connectivity index (χ4n) is 2.60. The highest BCUT2D eigenvalue weighted by Gasteiger charge is 2.25. The van der Waals surface area contributed by atoms with Crippen LogP contribution in [0, 0.1) is 0 Å². The maximum Gasteiger partial charge on any atom is 0.331 e. The summed E-state index contributed by atoms with van der Waals surface area (Å²) in [5, 5.41) is 9.77. The van der Waals surface area contributed by atoms with Crippen molar-refractivity contribution in [3.63, 3.8) is 0 Å². The lowest BCUT2D eigenvalue weighted by atomic mass is 10.1. The van der Waals surface area contributed by atoms with Crippen molar-refractivity contribution in [3.05, 3.63) is 36.0 Å². The summed E-state index contributed by atoms with van der Waals surface area (Å²) in [4.78, 5) is 57.7. The molecule has 0 saturated heterocycles. The largest absolute Gasteiger partial charge is 0.480 e. The number of ketones is 1. The van der Waals surface area contributed by atoms with Gasteiger partial charge in [0.15, 0.2) is 5.78 Å². The summed E-state index contributed by atoms with van der Waals surface area (Å²) in [5.41, 5.74) is 11.2. The van der Waals surface area contributed by atoms with Crippen LogP contribution in [0.5, 0.6) is 0 Å². The first-order valence-corrected chi connectivity index (χ1v) is 8.30. The molecule has 5 N–H and O–H groups in total. The molecule has 10 nitrogen and oxygen atoms in total. The van der Waals surface area contributed by atoms with Gasteiger partial charge in [0, 0.05) is 23.7 Å². The van der Waals surface area contributed by atoms with Crippen LogP contribution in [0.25, 0.3) is 10.9 Å². The highest BCUT2D eigenvalue weighted by Crippen LogP contribution is 2.21. The number of carbonyl (C=O) groups is 5. The first-order valence-electron chi connectivity index (χ1n) is 8.30. The molecule has 0 aliphatic carbocycles. The van der Waals surface area contributed by atoms with Crippen molar-refractivity contribution < 1.29 is 33.8 Å². The van der Waals surface area contributed by atoms with Crippen LogP contribution in [0.3, 0.4) is 0 Å². The monoisotopic (exact) mass is 389 g/mol. The van der Waals surface area contributed by atoms with Crippen LogP contribution in [-0.4, -0.2) is 45.3 Å². The molecule has 1 atom stereocenters. The van der Waals surface area contributed by atoms with Crippen LogP contribution in [0.2, 0.25) is 0 Å². The Balaban J connectivity index is 2.11. The van der Waals surface area contributed by atoms with Gasteiger partial charge >= 0.3 is 17.9 Å². The van der Waals surface area contributed by atoms with Gasteiger partial charge in [-0.1, -0.05) is 18.2 Å². The van der Waals surface area contributed by atoms with E-state index in [9.17, 15) is 24.0 Å². The maximum atomic E-state index is 12.6. The third kappa shape index (κ3) is 5.24. The molecule has 2 aromatic rings. The number of carboxylic acids is 1. The van der Waals surface area contributed by atoms with Gasteiger partial charge in [0.25, 0.3) is 0 Å². The minimum Gasteiger partial charge on any atom is -0.480 e. The van der Waals surface area contributed by atoms with Crippen LogP contribution >= 0.6 is 0 Å². The van der Waals surface area contributed by atoms with Gasteiger partial charge in [-0.05, 0) is 12.1 Å². The molecule has 2 rings (SSSR count). The minimum atomic E-state index is -1.43. The second kappa shape index (κ2) is 8.91. The van der Waals surface area contributed by atoms with Crippen molar-refractivity contribution in [1.82, 2.24) is 4.57 Å². The third-order valence-electron chi connectivity index (χ3n) is 3.89. The lowest BCUT2D eigenvalue weighted by molar-refractivity contribution is -0.161. The number of fused-ring (bicyclic) bond motifs is 1. The van der Waals surface area contributed by atoms with Gasteiger partial charge < -0.3 is 25.9 Å². The van der Waals surface area contributed by atoms with E-state index in [-0.39, 0.29) is 18.5 Å². The molecule has 0 aliphatic heterocycles. The van der Waals surface area contributed by atoms with Crippen LogP contribution < -0.4 is 11.5 Å². The van der Waals surface area contributed by atoms with Gasteiger partial charge in [0.2, 0.25) is 5.91 Å². The zero-order chi connectivity index (χ0) is 20.8. The molecule has 0 spiro atoms. The van der Waals surface area contributed by atoms with Gasteiger partial charge in [-0.25, -0.2) is 4.79 Å². The molecule has 0 fully saturated rings. The summed E-state index contributed by atoms with van der Waals surface area (Å²) >= 11 is 0. The Morgan fingerprint density at radius 1 is 1.11 bits per heavy atom. The number of carbonyl (C=O) groups excluding carboxylic acids is 4. The maximum absolute atomic E-state index is 12.6. The molecule has 1 aromatic carbocycles. The number of aromatic nitrogens is 1. The molecule has 0 bridgehead atoms. The number of aliphatic carboxylic acids is 1. The number of rotatable bonds is 9. The number of nitrogens with zero attached hydrogens (tertiary/aromatic N) is 1. The number of hydrogen-bond acceptors (Lipinski definition) is 7. The summed E-state index contributed by atoms with van der Waals surface area (Å²) in [6, 6.07) is 6.91. The smallest absolute Gasteiger partial charge is 0.331 e. The first-order chi connectivity index (χ1) is 13.2. The molecule has 1 aromatic heterocycles. The Morgan fingerprint density at radius 2 is 1.79 bits per heavy atom. The van der Waals surface area contributed by atoms with E-state index in [1.807, 2.05) is 0 Å². The Hall–Kier alpha value is -3.53. The standard InChI is InChI=1S/C18H19N3O7/c19-11(18(27)28-17(26)6-5-15(20)23)8-14(22)13-7-10-3-1-2-4-12(10)21(13)9-16(24)25/h1-4,7,11H,5-6,8-9,19H2,(H2,20,23)(H,24,25)/t11-/m0/s1. The van der Waals surface area contributed by atoms with Crippen molar-refractivity contribution in [2.45, 2.75) is 31.8 Å². The molecule has 0 aliphatic rings. The Labute approximate surface area is 159 Å². The topological polar surface area (TPSA) is 172 Å². The molecule has 0 unspecified atom stereocenters. The average Bonchev–Trinajstić information content (AvgIpc) is 2.98. The molecule has 28 heavy (non-hydrogen) atoms. The number of para-hydroxylation sites is 1. The summed E-state index contributed by atoms with van der Waals surface area (Å²) < 4.78 is 5.80. The van der Waals surface area contributed by atoms with Crippen LogP contribution in [0.15, 0.2) is 30.3 Å². The second-order valence-corrected chi connectivity index (χ2v) is 6.06. The SMILES string of the molecule is NC(=O)CCC(=O)OC(=O)[C@@H](N)CC(=O)c1cc2ccccc2n1CC(=O)O. The number of carboxylic acid groups (broad SMARTS) is 1. The molecular weight excluding hydrogens is 370 g/mol. The predicted octanol–water partition coefficient (Wildman–Crippen LogP) is -0.0387. The van der Waals surface area contributed by atoms with E-state index in [0.717, 1.165) is 0 Å². The lowest BCUT2D eigenvalue weighted by Crippen LogP contribution is -2.36. The highest BCUT2D eigenvalue weighted by atomic mass is 16.6. The van der Waals surface area contributed by atoms with E-state index in [1.54, 1.807) is 24.3 Å². The van der Waals surface area contributed by atoms with Crippen molar-refractivity contribution in [1.29, 1.82) is 0 Å². The number of nitrogens with two attached hydrogens (primary N) is 2. The van der Waals surface area contributed by atoms with Crippen molar-refractivity contribution in [2.24, 2.45) is 11.5 Å². The van der Waals surface area contributed by atoms with Crippen LogP contribution in [-0.2, 0) is 30.5 Å². The van der Waals surface area contributed by atoms with Crippen LogP contribution in [0.1, 0.15) is 29.8 Å². The van der Waals surface area contributed by atoms with Gasteiger partial charge in [-0.3, -0.25) is 19.2 Å². The molecule has 1 amide bonds. The van der Waals surface area contributed by atoms with E-state index >= 15 is 0 Å². The van der Waals surface area contributed by atoms with Gasteiger partial charge in [0.1, 0.15) is 12.6 Å². The summed E-state index contributed by atoms with van der Waals surface area (Å²) in [6.45, 7) is -0.445. The quantitative estimate of drug-likeness (QED) is 0.304. The molecular formula is C18H19N3O7. The summed E-state index contributed by atoms with van der Waals surface area (Å²) in [6.07, 6.45) is -1.15. The molecule has 0 radical (unpaired) electrons. The highest BCUT2D eigenvalue weighted by molar-refractivity contribution is 6.03. The Bertz CT molecular complexity index is 948.